The molecule has 3 atom stereocenters. The van der Waals surface area contributed by atoms with Gasteiger partial charge in [-0.1, -0.05) is 49.4 Å². The minimum Gasteiger partial charge on any atom is -0.378 e. The van der Waals surface area contributed by atoms with Crippen molar-refractivity contribution in [1.29, 1.82) is 0 Å². The summed E-state index contributed by atoms with van der Waals surface area (Å²) in [5.74, 6) is 0.428. The van der Waals surface area contributed by atoms with Crippen molar-refractivity contribution in [3.63, 3.8) is 0 Å². The summed E-state index contributed by atoms with van der Waals surface area (Å²) in [4.78, 5) is 0. The van der Waals surface area contributed by atoms with E-state index in [9.17, 15) is 0 Å². The molecule has 0 bridgehead atoms. The molecule has 100 valence electrons. The number of ether oxygens (including phenoxy) is 1. The average molecular weight is 275 g/mol. The van der Waals surface area contributed by atoms with Crippen molar-refractivity contribution >= 4 is 22.4 Å². The zero-order chi connectivity index (χ0) is 13.2. The van der Waals surface area contributed by atoms with Crippen molar-refractivity contribution in [2.24, 2.45) is 5.92 Å². The lowest BCUT2D eigenvalue weighted by atomic mass is 9.89. The highest BCUT2D eigenvalue weighted by Gasteiger charge is 2.33. The number of hydrogen-bond donors (Lipinski definition) is 0. The zero-order valence-corrected chi connectivity index (χ0v) is 11.9. The number of benzene rings is 2. The Morgan fingerprint density at radius 3 is 2.84 bits per heavy atom. The predicted molar refractivity (Wildman–Crippen MR) is 80.7 cm³/mol. The van der Waals surface area contributed by atoms with Crippen LogP contribution in [0.3, 0.4) is 0 Å². The molecule has 0 amide bonds. The second-order valence-electron chi connectivity index (χ2n) is 5.24. The Labute approximate surface area is 119 Å². The van der Waals surface area contributed by atoms with Crippen molar-refractivity contribution in [3.05, 3.63) is 48.0 Å². The monoisotopic (exact) mass is 274 g/mol. The van der Waals surface area contributed by atoms with E-state index in [4.69, 9.17) is 16.3 Å². The van der Waals surface area contributed by atoms with Gasteiger partial charge in [0.05, 0.1) is 11.5 Å². The van der Waals surface area contributed by atoms with Crippen LogP contribution >= 0.6 is 11.6 Å². The van der Waals surface area contributed by atoms with Gasteiger partial charge < -0.3 is 4.74 Å². The maximum Gasteiger partial charge on any atom is 0.0645 e. The number of rotatable bonds is 3. The van der Waals surface area contributed by atoms with Gasteiger partial charge in [0.1, 0.15) is 0 Å². The zero-order valence-electron chi connectivity index (χ0n) is 11.2. The van der Waals surface area contributed by atoms with E-state index in [1.807, 2.05) is 0 Å². The topological polar surface area (TPSA) is 9.23 Å². The van der Waals surface area contributed by atoms with Crippen molar-refractivity contribution in [2.75, 3.05) is 6.61 Å². The van der Waals surface area contributed by atoms with E-state index in [-0.39, 0.29) is 5.38 Å². The summed E-state index contributed by atoms with van der Waals surface area (Å²) in [7, 11) is 0. The summed E-state index contributed by atoms with van der Waals surface area (Å²) < 4.78 is 5.78. The third kappa shape index (κ3) is 2.37. The minimum absolute atomic E-state index is 0.0403. The van der Waals surface area contributed by atoms with Crippen molar-refractivity contribution in [2.45, 2.75) is 31.2 Å². The molecule has 3 unspecified atom stereocenters. The highest BCUT2D eigenvalue weighted by Crippen LogP contribution is 2.41. The molecule has 0 N–H and O–H groups in total. The normalized spacial score (nSPS) is 24.7. The fourth-order valence-corrected chi connectivity index (χ4v) is 3.62. The molecule has 1 aliphatic heterocycles. The first-order valence-electron chi connectivity index (χ1n) is 7.04. The van der Waals surface area contributed by atoms with Gasteiger partial charge in [-0.05, 0) is 29.2 Å². The van der Waals surface area contributed by atoms with E-state index in [1.165, 1.54) is 16.3 Å². The van der Waals surface area contributed by atoms with Crippen LogP contribution in [-0.2, 0) is 4.74 Å². The fraction of sp³-hybridized carbons (Fsp3) is 0.412. The second kappa shape index (κ2) is 5.52. The molecule has 2 heteroatoms. The summed E-state index contributed by atoms with van der Waals surface area (Å²) in [6.07, 6.45) is 2.41. The first-order chi connectivity index (χ1) is 9.31. The van der Waals surface area contributed by atoms with Gasteiger partial charge in [-0.2, -0.15) is 0 Å². The van der Waals surface area contributed by atoms with Crippen LogP contribution in [0.15, 0.2) is 42.5 Å². The second-order valence-corrected chi connectivity index (χ2v) is 5.71. The van der Waals surface area contributed by atoms with Gasteiger partial charge in [0.25, 0.3) is 0 Å². The molecule has 19 heavy (non-hydrogen) atoms. The van der Waals surface area contributed by atoms with Crippen molar-refractivity contribution in [1.82, 2.24) is 0 Å². The molecule has 0 radical (unpaired) electrons. The lowest BCUT2D eigenvalue weighted by molar-refractivity contribution is 0.0865. The molecule has 1 saturated heterocycles. The minimum atomic E-state index is 0.0403. The quantitative estimate of drug-likeness (QED) is 0.721. The molecule has 0 spiro atoms. The number of fused-ring (bicyclic) bond motifs is 1. The number of hydrogen-bond acceptors (Lipinski definition) is 1. The Balaban J connectivity index is 1.99. The van der Waals surface area contributed by atoms with Gasteiger partial charge in [-0.3, -0.25) is 0 Å². The smallest absolute Gasteiger partial charge is 0.0645 e. The third-order valence-electron chi connectivity index (χ3n) is 4.16. The average Bonchev–Trinajstić information content (AvgIpc) is 2.94. The van der Waals surface area contributed by atoms with Crippen molar-refractivity contribution in [3.8, 4) is 0 Å². The lowest BCUT2D eigenvalue weighted by Crippen LogP contribution is -2.19. The molecular formula is C17H19ClO. The van der Waals surface area contributed by atoms with E-state index < -0.39 is 0 Å². The van der Waals surface area contributed by atoms with E-state index in [1.54, 1.807) is 0 Å². The summed E-state index contributed by atoms with van der Waals surface area (Å²) in [5, 5.41) is 2.57. The Hall–Kier alpha value is -1.05. The maximum atomic E-state index is 6.78. The van der Waals surface area contributed by atoms with E-state index in [0.29, 0.717) is 12.0 Å². The molecule has 3 rings (SSSR count). The van der Waals surface area contributed by atoms with Gasteiger partial charge in [0.2, 0.25) is 0 Å². The Bertz CT molecular complexity index is 561. The van der Waals surface area contributed by atoms with Crippen LogP contribution in [0.2, 0.25) is 0 Å². The van der Waals surface area contributed by atoms with Gasteiger partial charge in [-0.15, -0.1) is 11.6 Å². The lowest BCUT2D eigenvalue weighted by Gasteiger charge is -2.23. The standard InChI is InChI=1S/C17H19ClO/c1-2-16-15(10-11-19-16)17(18)14-9-5-7-12-6-3-4-8-13(12)14/h3-9,15-17H,2,10-11H2,1H3. The summed E-state index contributed by atoms with van der Waals surface area (Å²) >= 11 is 6.78. The molecule has 1 fully saturated rings. The first kappa shape index (κ1) is 13.0. The fourth-order valence-electron chi connectivity index (χ4n) is 3.14. The molecule has 1 heterocycles. The van der Waals surface area contributed by atoms with Gasteiger partial charge in [0.15, 0.2) is 0 Å². The van der Waals surface area contributed by atoms with Crippen LogP contribution in [0.1, 0.15) is 30.7 Å². The first-order valence-corrected chi connectivity index (χ1v) is 7.48. The predicted octanol–water partition coefficient (Wildman–Crippen LogP) is 4.93. The van der Waals surface area contributed by atoms with Crippen LogP contribution in [0.4, 0.5) is 0 Å². The van der Waals surface area contributed by atoms with E-state index >= 15 is 0 Å². The van der Waals surface area contributed by atoms with Crippen LogP contribution in [-0.4, -0.2) is 12.7 Å². The van der Waals surface area contributed by atoms with Crippen LogP contribution in [0.5, 0.6) is 0 Å². The summed E-state index contributed by atoms with van der Waals surface area (Å²) in [6.45, 7) is 3.02. The SMILES string of the molecule is CCC1OCCC1C(Cl)c1cccc2ccccc12. The van der Waals surface area contributed by atoms with Crippen LogP contribution in [0, 0.1) is 5.92 Å². The molecule has 0 saturated carbocycles. The summed E-state index contributed by atoms with van der Waals surface area (Å²) in [5.41, 5.74) is 1.24. The molecule has 0 aromatic heterocycles. The molecule has 1 nitrogen and oxygen atoms in total. The maximum absolute atomic E-state index is 6.78. The van der Waals surface area contributed by atoms with Crippen LogP contribution < -0.4 is 0 Å². The van der Waals surface area contributed by atoms with E-state index in [0.717, 1.165) is 19.4 Å². The molecule has 2 aromatic rings. The Morgan fingerprint density at radius 2 is 2.00 bits per heavy atom. The van der Waals surface area contributed by atoms with Gasteiger partial charge in [0, 0.05) is 12.5 Å². The highest BCUT2D eigenvalue weighted by molar-refractivity contribution is 6.22. The molecule has 1 aliphatic rings. The Kier molecular flexibility index (Phi) is 3.76. The molecular weight excluding hydrogens is 256 g/mol. The molecule has 0 aliphatic carbocycles. The van der Waals surface area contributed by atoms with Crippen LogP contribution in [0.25, 0.3) is 10.8 Å². The third-order valence-corrected chi connectivity index (χ3v) is 4.72. The van der Waals surface area contributed by atoms with E-state index in [2.05, 4.69) is 49.4 Å². The Morgan fingerprint density at radius 1 is 1.21 bits per heavy atom. The highest BCUT2D eigenvalue weighted by atomic mass is 35.5. The van der Waals surface area contributed by atoms with Gasteiger partial charge >= 0.3 is 0 Å². The number of alkyl halides is 1. The largest absolute Gasteiger partial charge is 0.378 e. The summed E-state index contributed by atoms with van der Waals surface area (Å²) in [6, 6.07) is 14.9. The number of halogens is 1. The molecule has 2 aromatic carbocycles. The van der Waals surface area contributed by atoms with Crippen molar-refractivity contribution < 1.29 is 4.74 Å². The van der Waals surface area contributed by atoms with Gasteiger partial charge in [-0.25, -0.2) is 0 Å².